The highest BCUT2D eigenvalue weighted by molar-refractivity contribution is 5.29. The van der Waals surface area contributed by atoms with Gasteiger partial charge in [-0.2, -0.15) is 0 Å². The van der Waals surface area contributed by atoms with E-state index in [1.165, 1.54) is 6.92 Å². The summed E-state index contributed by atoms with van der Waals surface area (Å²) >= 11 is 0. The van der Waals surface area contributed by atoms with Crippen molar-refractivity contribution in [1.29, 1.82) is 0 Å². The first-order valence-electron chi connectivity index (χ1n) is 25.9. The summed E-state index contributed by atoms with van der Waals surface area (Å²) < 4.78 is 61.7. The van der Waals surface area contributed by atoms with Crippen LogP contribution in [0, 0.1) is 40.4 Å². The number of methoxy groups -OCH3 is 1. The van der Waals surface area contributed by atoms with Crippen LogP contribution in [0.1, 0.15) is 79.1 Å². The molecule has 29 atom stereocenters. The summed E-state index contributed by atoms with van der Waals surface area (Å²) in [5, 5.41) is 127. The Labute approximate surface area is 419 Å². The van der Waals surface area contributed by atoms with E-state index in [0.29, 0.717) is 24.8 Å². The monoisotopic (exact) mass is 1030 g/mol. The summed E-state index contributed by atoms with van der Waals surface area (Å²) in [6.45, 7) is 11.1. The maximum Gasteiger partial charge on any atom is 0.187 e. The molecule has 72 heavy (non-hydrogen) atoms. The number of allylic oxidation sites excluding steroid dienone is 1. The first kappa shape index (κ1) is 55.4. The van der Waals surface area contributed by atoms with Gasteiger partial charge in [0.25, 0.3) is 0 Å². The van der Waals surface area contributed by atoms with Gasteiger partial charge >= 0.3 is 0 Å². The molecule has 0 spiro atoms. The van der Waals surface area contributed by atoms with E-state index in [1.54, 1.807) is 7.11 Å². The second-order valence-corrected chi connectivity index (χ2v) is 22.8. The predicted octanol–water partition coefficient (Wildman–Crippen LogP) is -2.18. The molecular weight excluding hydrogens is 953 g/mol. The molecule has 5 saturated heterocycles. The lowest BCUT2D eigenvalue weighted by atomic mass is 9.46. The topological polar surface area (TPSA) is 335 Å². The number of ether oxygens (including phenoxy) is 10. The van der Waals surface area contributed by atoms with Crippen LogP contribution in [0.25, 0.3) is 0 Å². The summed E-state index contributed by atoms with van der Waals surface area (Å²) in [6, 6.07) is 0. The van der Waals surface area contributed by atoms with E-state index in [1.807, 2.05) is 0 Å². The van der Waals surface area contributed by atoms with E-state index < -0.39 is 141 Å². The third-order valence-corrected chi connectivity index (χ3v) is 18.8. The normalized spacial score (nSPS) is 54.5. The van der Waals surface area contributed by atoms with Crippen LogP contribution in [0.5, 0.6) is 0 Å². The van der Waals surface area contributed by atoms with Crippen molar-refractivity contribution in [2.45, 2.75) is 214 Å². The molecule has 22 heteroatoms. The summed E-state index contributed by atoms with van der Waals surface area (Å²) in [7, 11) is 1.66. The average molecular weight is 1030 g/mol. The van der Waals surface area contributed by atoms with Crippen LogP contribution in [-0.2, 0) is 47.4 Å². The molecule has 12 N–H and O–H groups in total. The molecule has 9 rings (SSSR count). The Morgan fingerprint density at radius 3 is 2.12 bits per heavy atom. The lowest BCUT2D eigenvalue weighted by Gasteiger charge is -2.60. The molecule has 0 amide bonds. The van der Waals surface area contributed by atoms with Crippen LogP contribution in [-0.4, -0.2) is 230 Å². The van der Waals surface area contributed by atoms with Crippen molar-refractivity contribution in [1.82, 2.24) is 0 Å². The molecule has 412 valence electrons. The van der Waals surface area contributed by atoms with Gasteiger partial charge in [0, 0.05) is 31.3 Å². The molecule has 5 aliphatic heterocycles. The van der Waals surface area contributed by atoms with Crippen molar-refractivity contribution in [3.8, 4) is 0 Å². The standard InChI is InChI=1S/C50H80O22/c1-20(17-64-44-40(61)38(59)36(57)31(16-51)68-44)9-12-50(63-6)21(2)33-30(72-50)15-27-25-8-7-23-13-24(52)14-32(49(23,5)26(25)10-11-48(27,33)4)69-47-43(71-46-41(62)37(58)34(55)22(3)67-46)42(29(54)19-66-47)70-45-39(60)35(56)28(53)18-65-45/h7,21-22,24-47,51-62H,1,8-19H2,2-6H3. The van der Waals surface area contributed by atoms with E-state index in [0.717, 1.165) is 31.3 Å². The number of hydrogen-bond acceptors (Lipinski definition) is 22. The number of aliphatic hydroxyl groups excluding tert-OH is 12. The van der Waals surface area contributed by atoms with Gasteiger partial charge in [-0.1, -0.05) is 44.6 Å². The Kier molecular flexibility index (Phi) is 16.5. The number of rotatable bonds is 14. The number of fused-ring (bicyclic) bond motifs is 7. The first-order chi connectivity index (χ1) is 34.1. The quantitative estimate of drug-likeness (QED) is 0.0823. The van der Waals surface area contributed by atoms with E-state index in [2.05, 4.69) is 33.4 Å². The first-order valence-corrected chi connectivity index (χ1v) is 25.9. The van der Waals surface area contributed by atoms with Crippen molar-refractivity contribution in [3.05, 3.63) is 23.8 Å². The van der Waals surface area contributed by atoms with E-state index in [9.17, 15) is 61.3 Å². The van der Waals surface area contributed by atoms with Gasteiger partial charge in [0.15, 0.2) is 30.9 Å². The van der Waals surface area contributed by atoms with Crippen molar-refractivity contribution in [2.24, 2.45) is 40.4 Å². The molecular formula is C50H80O22. The summed E-state index contributed by atoms with van der Waals surface area (Å²) in [4.78, 5) is 0. The summed E-state index contributed by atoms with van der Waals surface area (Å²) in [5.41, 5.74) is 0.992. The fourth-order valence-electron chi connectivity index (χ4n) is 14.7. The van der Waals surface area contributed by atoms with E-state index in [-0.39, 0.29) is 67.3 Å². The van der Waals surface area contributed by atoms with Gasteiger partial charge in [0.2, 0.25) is 0 Å². The van der Waals surface area contributed by atoms with Gasteiger partial charge in [-0.3, -0.25) is 0 Å². The van der Waals surface area contributed by atoms with E-state index >= 15 is 0 Å². The van der Waals surface area contributed by atoms with Gasteiger partial charge in [0.1, 0.15) is 79.4 Å². The number of hydrogen-bond donors (Lipinski definition) is 12. The van der Waals surface area contributed by atoms with Crippen LogP contribution >= 0.6 is 0 Å². The Hall–Kier alpha value is -1.40. The highest BCUT2D eigenvalue weighted by atomic mass is 16.8. The SMILES string of the molecule is C=C(CCC1(OC)OC2CC3C4CC=C5CC(O)CC(OC6OCC(O)C(OC7OCC(O)C(O)C7O)C6OC6OC(C)C(O)C(O)C6O)C5(C)C4CCC3(C)C2C1C)COC1OC(CO)C(O)C(O)C1O. The molecule has 29 unspecified atom stereocenters. The Morgan fingerprint density at radius 1 is 0.736 bits per heavy atom. The fraction of sp³-hybridized carbons (Fsp3) is 0.920. The largest absolute Gasteiger partial charge is 0.394 e. The highest BCUT2D eigenvalue weighted by Crippen LogP contribution is 2.70. The molecule has 3 saturated carbocycles. The smallest absolute Gasteiger partial charge is 0.187 e. The van der Waals surface area contributed by atoms with Crippen molar-refractivity contribution in [3.63, 3.8) is 0 Å². The average Bonchev–Trinajstić information content (AvgIpc) is 3.81. The Bertz CT molecular complexity index is 1910. The predicted molar refractivity (Wildman–Crippen MR) is 244 cm³/mol. The van der Waals surface area contributed by atoms with Crippen molar-refractivity contribution >= 4 is 0 Å². The second-order valence-electron chi connectivity index (χ2n) is 22.8. The minimum Gasteiger partial charge on any atom is -0.394 e. The van der Waals surface area contributed by atoms with Gasteiger partial charge in [-0.25, -0.2) is 0 Å². The second kappa shape index (κ2) is 21.4. The summed E-state index contributed by atoms with van der Waals surface area (Å²) in [5.74, 6) is -0.203. The van der Waals surface area contributed by atoms with Crippen LogP contribution in [0.3, 0.4) is 0 Å². The molecule has 0 aromatic carbocycles. The Morgan fingerprint density at radius 2 is 1.40 bits per heavy atom. The van der Waals surface area contributed by atoms with Crippen molar-refractivity contribution < 1.29 is 109 Å². The maximum atomic E-state index is 11.5. The molecule has 0 aromatic heterocycles. The molecule has 0 radical (unpaired) electrons. The minimum absolute atomic E-state index is 0.0113. The van der Waals surface area contributed by atoms with Crippen LogP contribution < -0.4 is 0 Å². The third-order valence-electron chi connectivity index (χ3n) is 18.8. The maximum absolute atomic E-state index is 11.5. The van der Waals surface area contributed by atoms with E-state index in [4.69, 9.17) is 47.4 Å². The molecule has 0 bridgehead atoms. The van der Waals surface area contributed by atoms with Gasteiger partial charge in [-0.05, 0) is 74.5 Å². The molecule has 4 aliphatic carbocycles. The zero-order chi connectivity index (χ0) is 51.9. The fourth-order valence-corrected chi connectivity index (χ4v) is 14.7. The lowest BCUT2D eigenvalue weighted by molar-refractivity contribution is -0.382. The van der Waals surface area contributed by atoms with Gasteiger partial charge in [0.05, 0.1) is 50.8 Å². The van der Waals surface area contributed by atoms with Crippen molar-refractivity contribution in [2.75, 3.05) is 33.5 Å². The van der Waals surface area contributed by atoms with Gasteiger partial charge < -0.3 is 109 Å². The molecule has 22 nitrogen and oxygen atoms in total. The van der Waals surface area contributed by atoms with Crippen LogP contribution in [0.4, 0.5) is 0 Å². The molecule has 5 heterocycles. The van der Waals surface area contributed by atoms with Gasteiger partial charge in [-0.15, -0.1) is 0 Å². The number of aliphatic hydroxyl groups is 12. The summed E-state index contributed by atoms with van der Waals surface area (Å²) in [6.07, 6.45) is -20.7. The third kappa shape index (κ3) is 9.61. The zero-order valence-corrected chi connectivity index (χ0v) is 41.7. The van der Waals surface area contributed by atoms with Crippen LogP contribution in [0.15, 0.2) is 23.8 Å². The Balaban J connectivity index is 0.912. The molecule has 9 aliphatic rings. The highest BCUT2D eigenvalue weighted by Gasteiger charge is 2.69. The molecule has 8 fully saturated rings. The zero-order valence-electron chi connectivity index (χ0n) is 41.7. The lowest BCUT2D eigenvalue weighted by Crippen LogP contribution is -2.65. The van der Waals surface area contributed by atoms with Crippen LogP contribution in [0.2, 0.25) is 0 Å². The molecule has 0 aromatic rings. The minimum atomic E-state index is -1.76.